The minimum Gasteiger partial charge on any atom is -0.485 e. The first kappa shape index (κ1) is 17.3. The van der Waals surface area contributed by atoms with Crippen molar-refractivity contribution in [2.24, 2.45) is 0 Å². The molecule has 0 aliphatic heterocycles. The number of carbonyl (C=O) groups is 1. The largest absolute Gasteiger partial charge is 0.485 e. The summed E-state index contributed by atoms with van der Waals surface area (Å²) in [4.78, 5) is 19.6. The van der Waals surface area contributed by atoms with Crippen LogP contribution in [0.2, 0.25) is 0 Å². The van der Waals surface area contributed by atoms with Gasteiger partial charge in [0.15, 0.2) is 5.78 Å². The minimum atomic E-state index is -0.170. The fourth-order valence-electron chi connectivity index (χ4n) is 3.70. The Morgan fingerprint density at radius 2 is 2.04 bits per heavy atom. The van der Waals surface area contributed by atoms with Gasteiger partial charge in [-0.2, -0.15) is 0 Å². The Balaban J connectivity index is 1.70. The summed E-state index contributed by atoms with van der Waals surface area (Å²) in [5, 5.41) is 0. The fourth-order valence-corrected chi connectivity index (χ4v) is 3.70. The number of H-pyrrole nitrogens is 1. The molecule has 1 aliphatic carbocycles. The van der Waals surface area contributed by atoms with E-state index in [2.05, 4.69) is 28.7 Å². The monoisotopic (exact) mass is 358 g/mol. The molecule has 1 aliphatic rings. The molecule has 27 heavy (non-hydrogen) atoms. The van der Waals surface area contributed by atoms with E-state index in [1.165, 1.54) is 0 Å². The third kappa shape index (κ3) is 3.56. The van der Waals surface area contributed by atoms with Gasteiger partial charge in [0.25, 0.3) is 0 Å². The number of aromatic nitrogens is 2. The number of hydrogen-bond acceptors (Lipinski definition) is 3. The average Bonchev–Trinajstić information content (AvgIpc) is 3.34. The van der Waals surface area contributed by atoms with E-state index in [0.717, 1.165) is 40.2 Å². The van der Waals surface area contributed by atoms with Crippen molar-refractivity contribution in [3.63, 3.8) is 0 Å². The van der Waals surface area contributed by atoms with Crippen LogP contribution in [0.15, 0.2) is 67.5 Å². The van der Waals surface area contributed by atoms with E-state index in [4.69, 9.17) is 4.74 Å². The Hall–Kier alpha value is -3.14. The zero-order chi connectivity index (χ0) is 18.6. The van der Waals surface area contributed by atoms with Crippen molar-refractivity contribution in [2.75, 3.05) is 0 Å². The number of carbonyl (C=O) groups excluding carboxylic acids is 1. The molecule has 4 nitrogen and oxygen atoms in total. The number of ether oxygens (including phenoxy) is 1. The molecular formula is C23H22N2O2. The van der Waals surface area contributed by atoms with Gasteiger partial charge < -0.3 is 9.72 Å². The summed E-state index contributed by atoms with van der Waals surface area (Å²) in [5.74, 6) is 1.92. The Labute approximate surface area is 158 Å². The molecule has 0 saturated heterocycles. The number of imidazole rings is 1. The van der Waals surface area contributed by atoms with Crippen molar-refractivity contribution in [1.29, 1.82) is 0 Å². The standard InChI is InChI=1S/C23H22N2O2/c1-2-6-19-17-9-11-20(26)18(17)10-12-21(19)27-22(15-23-24-13-14-25-23)16-7-4-3-5-8-16/h2-5,7-8,10,12-14,22H,1,6,9,11,15H2,(H,24,25)/t22-/m0/s1. The number of fused-ring (bicyclic) bond motifs is 1. The Bertz CT molecular complexity index is 946. The Kier molecular flexibility index (Phi) is 4.88. The number of benzene rings is 2. The Morgan fingerprint density at radius 3 is 2.78 bits per heavy atom. The van der Waals surface area contributed by atoms with Gasteiger partial charge in [0.1, 0.15) is 17.7 Å². The highest BCUT2D eigenvalue weighted by Gasteiger charge is 2.25. The van der Waals surface area contributed by atoms with E-state index in [-0.39, 0.29) is 11.9 Å². The van der Waals surface area contributed by atoms with Crippen molar-refractivity contribution >= 4 is 5.78 Å². The number of ketones is 1. The molecule has 1 atom stereocenters. The maximum absolute atomic E-state index is 12.1. The fraction of sp³-hybridized carbons (Fsp3) is 0.217. The van der Waals surface area contributed by atoms with E-state index in [1.54, 1.807) is 6.20 Å². The van der Waals surface area contributed by atoms with E-state index >= 15 is 0 Å². The number of nitrogens with one attached hydrogen (secondary N) is 1. The molecule has 1 aromatic heterocycles. The van der Waals surface area contributed by atoms with E-state index < -0.39 is 0 Å². The van der Waals surface area contributed by atoms with E-state index in [1.807, 2.05) is 42.6 Å². The van der Waals surface area contributed by atoms with Crippen molar-refractivity contribution in [3.05, 3.63) is 95.6 Å². The highest BCUT2D eigenvalue weighted by atomic mass is 16.5. The van der Waals surface area contributed by atoms with Crippen LogP contribution < -0.4 is 4.74 Å². The van der Waals surface area contributed by atoms with Crippen LogP contribution in [0.1, 0.15) is 45.4 Å². The predicted octanol–water partition coefficient (Wildman–Crippen LogP) is 4.63. The zero-order valence-corrected chi connectivity index (χ0v) is 15.2. The van der Waals surface area contributed by atoms with Gasteiger partial charge in [0, 0.05) is 36.4 Å². The first-order valence-electron chi connectivity index (χ1n) is 9.25. The van der Waals surface area contributed by atoms with Crippen LogP contribution in [0, 0.1) is 0 Å². The number of nitrogens with zero attached hydrogens (tertiary/aromatic N) is 1. The molecule has 3 aromatic rings. The summed E-state index contributed by atoms with van der Waals surface area (Å²) < 4.78 is 6.50. The van der Waals surface area contributed by atoms with Gasteiger partial charge in [-0.25, -0.2) is 4.98 Å². The smallest absolute Gasteiger partial charge is 0.163 e. The van der Waals surface area contributed by atoms with Crippen molar-refractivity contribution in [3.8, 4) is 5.75 Å². The third-order valence-electron chi connectivity index (χ3n) is 5.01. The molecule has 0 saturated carbocycles. The average molecular weight is 358 g/mol. The number of hydrogen-bond donors (Lipinski definition) is 1. The number of aromatic amines is 1. The molecule has 0 bridgehead atoms. The summed E-state index contributed by atoms with van der Waals surface area (Å²) in [6.07, 6.45) is 7.96. The number of Topliss-reactive ketones (excluding diaryl/α,β-unsaturated/α-hetero) is 1. The topological polar surface area (TPSA) is 55.0 Å². The maximum atomic E-state index is 12.1. The Morgan fingerprint density at radius 1 is 1.19 bits per heavy atom. The van der Waals surface area contributed by atoms with Crippen LogP contribution in [-0.4, -0.2) is 15.8 Å². The summed E-state index contributed by atoms with van der Waals surface area (Å²) >= 11 is 0. The lowest BCUT2D eigenvalue weighted by Gasteiger charge is -2.22. The highest BCUT2D eigenvalue weighted by Crippen LogP contribution is 2.35. The summed E-state index contributed by atoms with van der Waals surface area (Å²) in [6, 6.07) is 14.0. The molecular weight excluding hydrogens is 336 g/mol. The maximum Gasteiger partial charge on any atom is 0.163 e. The van der Waals surface area contributed by atoms with Gasteiger partial charge >= 0.3 is 0 Å². The lowest BCUT2D eigenvalue weighted by Crippen LogP contribution is -2.13. The quantitative estimate of drug-likeness (QED) is 0.627. The molecule has 0 amide bonds. The molecule has 0 spiro atoms. The van der Waals surface area contributed by atoms with Crippen molar-refractivity contribution in [2.45, 2.75) is 31.8 Å². The SMILES string of the molecule is C=CCc1c(O[C@@H](Cc2ncc[nH]2)c2ccccc2)ccc2c1CCC2=O. The molecule has 4 heteroatoms. The molecule has 4 rings (SSSR count). The van der Waals surface area contributed by atoms with Gasteiger partial charge in [0.2, 0.25) is 0 Å². The highest BCUT2D eigenvalue weighted by molar-refractivity contribution is 6.01. The van der Waals surface area contributed by atoms with Gasteiger partial charge in [-0.15, -0.1) is 6.58 Å². The molecule has 0 unspecified atom stereocenters. The van der Waals surface area contributed by atoms with Crippen LogP contribution in [0.25, 0.3) is 0 Å². The van der Waals surface area contributed by atoms with Crippen LogP contribution in [0.4, 0.5) is 0 Å². The molecule has 0 radical (unpaired) electrons. The van der Waals surface area contributed by atoms with Gasteiger partial charge in [-0.3, -0.25) is 4.79 Å². The van der Waals surface area contributed by atoms with Gasteiger partial charge in [0.05, 0.1) is 0 Å². The number of rotatable bonds is 7. The van der Waals surface area contributed by atoms with Crippen LogP contribution >= 0.6 is 0 Å². The second-order valence-electron chi connectivity index (χ2n) is 6.74. The first-order chi connectivity index (χ1) is 13.3. The van der Waals surface area contributed by atoms with Crippen LogP contribution in [-0.2, 0) is 19.3 Å². The van der Waals surface area contributed by atoms with E-state index in [9.17, 15) is 4.79 Å². The molecule has 1 N–H and O–H groups in total. The summed E-state index contributed by atoms with van der Waals surface area (Å²) in [6.45, 7) is 3.88. The zero-order valence-electron chi connectivity index (χ0n) is 15.2. The molecule has 136 valence electrons. The van der Waals surface area contributed by atoms with Crippen molar-refractivity contribution in [1.82, 2.24) is 9.97 Å². The minimum absolute atomic E-state index is 0.170. The molecule has 1 heterocycles. The second-order valence-corrected chi connectivity index (χ2v) is 6.74. The van der Waals surface area contributed by atoms with Gasteiger partial charge in [-0.1, -0.05) is 36.4 Å². The first-order valence-corrected chi connectivity index (χ1v) is 9.25. The predicted molar refractivity (Wildman–Crippen MR) is 105 cm³/mol. The van der Waals surface area contributed by atoms with Gasteiger partial charge in [-0.05, 0) is 36.1 Å². The normalized spacial score (nSPS) is 14.0. The van der Waals surface area contributed by atoms with E-state index in [0.29, 0.717) is 19.3 Å². The summed E-state index contributed by atoms with van der Waals surface area (Å²) in [7, 11) is 0. The van der Waals surface area contributed by atoms with Crippen LogP contribution in [0.3, 0.4) is 0 Å². The molecule has 2 aromatic carbocycles. The third-order valence-corrected chi connectivity index (χ3v) is 5.01. The van der Waals surface area contributed by atoms with Crippen molar-refractivity contribution < 1.29 is 9.53 Å². The lowest BCUT2D eigenvalue weighted by atomic mass is 9.99. The molecule has 0 fully saturated rings. The van der Waals surface area contributed by atoms with Crippen LogP contribution in [0.5, 0.6) is 5.75 Å². The lowest BCUT2D eigenvalue weighted by molar-refractivity contribution is 0.0994. The second kappa shape index (κ2) is 7.62. The summed E-state index contributed by atoms with van der Waals surface area (Å²) in [5.41, 5.74) is 4.12. The number of allylic oxidation sites excluding steroid dienone is 1.